The molecule has 20 heavy (non-hydrogen) atoms. The normalized spacial score (nSPS) is 18.6. The summed E-state index contributed by atoms with van der Waals surface area (Å²) < 4.78 is 2.07. The van der Waals surface area contributed by atoms with Crippen LogP contribution in [-0.4, -0.2) is 21.0 Å². The van der Waals surface area contributed by atoms with Crippen LogP contribution in [0.4, 0.5) is 0 Å². The quantitative estimate of drug-likeness (QED) is 0.814. The summed E-state index contributed by atoms with van der Waals surface area (Å²) in [6.07, 6.45) is 12.4. The maximum absolute atomic E-state index is 10.3. The summed E-state index contributed by atoms with van der Waals surface area (Å²) >= 11 is 0. The van der Waals surface area contributed by atoms with Gasteiger partial charge in [-0.25, -0.2) is 0 Å². The van der Waals surface area contributed by atoms with Gasteiger partial charge in [0.2, 0.25) is 0 Å². The van der Waals surface area contributed by atoms with E-state index in [9.17, 15) is 5.11 Å². The Morgan fingerprint density at radius 3 is 2.60 bits per heavy atom. The molecule has 1 N–H and O–H groups in total. The van der Waals surface area contributed by atoms with E-state index in [1.165, 1.54) is 32.1 Å². The summed E-state index contributed by atoms with van der Waals surface area (Å²) in [5.41, 5.74) is 1.04. The molecule has 3 heteroatoms. The van der Waals surface area contributed by atoms with Crippen molar-refractivity contribution >= 4 is 0 Å². The van der Waals surface area contributed by atoms with Gasteiger partial charge in [0.05, 0.1) is 17.8 Å². The lowest BCUT2D eigenvalue weighted by molar-refractivity contribution is 0.129. The summed E-state index contributed by atoms with van der Waals surface area (Å²) in [4.78, 5) is 0. The van der Waals surface area contributed by atoms with Gasteiger partial charge >= 0.3 is 0 Å². The van der Waals surface area contributed by atoms with Crippen molar-refractivity contribution in [1.29, 1.82) is 0 Å². The monoisotopic (exact) mass is 278 g/mol. The van der Waals surface area contributed by atoms with Crippen molar-refractivity contribution in [2.45, 2.75) is 83.8 Å². The lowest BCUT2D eigenvalue weighted by Crippen LogP contribution is -2.18. The Labute approximate surface area is 123 Å². The van der Waals surface area contributed by atoms with Gasteiger partial charge in [0.15, 0.2) is 0 Å². The molecule has 1 unspecified atom stereocenters. The number of rotatable bonds is 7. The van der Waals surface area contributed by atoms with Crippen molar-refractivity contribution in [3.05, 3.63) is 18.0 Å². The molecule has 1 aromatic heterocycles. The third-order valence-electron chi connectivity index (χ3n) is 4.76. The van der Waals surface area contributed by atoms with Crippen LogP contribution in [0.15, 0.2) is 12.3 Å². The van der Waals surface area contributed by atoms with Gasteiger partial charge in [-0.05, 0) is 31.2 Å². The average Bonchev–Trinajstić information content (AvgIpc) is 2.89. The van der Waals surface area contributed by atoms with Crippen LogP contribution >= 0.6 is 0 Å². The number of hydrogen-bond acceptors (Lipinski definition) is 2. The Hall–Kier alpha value is -0.830. The smallest absolute Gasteiger partial charge is 0.0650 e. The van der Waals surface area contributed by atoms with E-state index >= 15 is 0 Å². The highest BCUT2D eigenvalue weighted by molar-refractivity contribution is 5.01. The number of nitrogens with zero attached hydrogens (tertiary/aromatic N) is 2. The minimum absolute atomic E-state index is 0.219. The first-order valence-corrected chi connectivity index (χ1v) is 8.45. The minimum Gasteiger partial charge on any atom is -0.393 e. The Bertz CT molecular complexity index is 378. The first-order chi connectivity index (χ1) is 9.72. The number of aromatic nitrogens is 2. The zero-order chi connectivity index (χ0) is 14.4. The van der Waals surface area contributed by atoms with Crippen molar-refractivity contribution in [3.8, 4) is 0 Å². The summed E-state index contributed by atoms with van der Waals surface area (Å²) in [6.45, 7) is 4.40. The molecule has 0 saturated heterocycles. The van der Waals surface area contributed by atoms with E-state index in [2.05, 4.69) is 35.9 Å². The van der Waals surface area contributed by atoms with Gasteiger partial charge in [-0.1, -0.05) is 46.0 Å². The predicted octanol–water partition coefficient (Wildman–Crippen LogP) is 4.12. The highest BCUT2D eigenvalue weighted by Crippen LogP contribution is 2.28. The van der Waals surface area contributed by atoms with Crippen molar-refractivity contribution in [2.24, 2.45) is 5.92 Å². The van der Waals surface area contributed by atoms with E-state index in [0.29, 0.717) is 12.5 Å². The van der Waals surface area contributed by atoms with E-state index in [-0.39, 0.29) is 6.10 Å². The average molecular weight is 278 g/mol. The maximum Gasteiger partial charge on any atom is 0.0650 e. The van der Waals surface area contributed by atoms with Crippen LogP contribution in [0, 0.1) is 5.92 Å². The van der Waals surface area contributed by atoms with Gasteiger partial charge in [0.1, 0.15) is 0 Å². The number of hydrogen-bond donors (Lipinski definition) is 1. The first kappa shape index (κ1) is 15.6. The van der Waals surface area contributed by atoms with E-state index in [0.717, 1.165) is 30.9 Å². The molecule has 1 aliphatic rings. The molecular formula is C17H30N2O. The summed E-state index contributed by atoms with van der Waals surface area (Å²) in [5.74, 6) is 0.736. The highest BCUT2D eigenvalue weighted by Gasteiger charge is 2.18. The van der Waals surface area contributed by atoms with Crippen molar-refractivity contribution in [2.75, 3.05) is 0 Å². The predicted molar refractivity (Wildman–Crippen MR) is 82.7 cm³/mol. The maximum atomic E-state index is 10.3. The van der Waals surface area contributed by atoms with Gasteiger partial charge < -0.3 is 5.11 Å². The molecule has 1 heterocycles. The second-order valence-electron chi connectivity index (χ2n) is 6.36. The van der Waals surface area contributed by atoms with Gasteiger partial charge in [-0.3, -0.25) is 4.68 Å². The van der Waals surface area contributed by atoms with Crippen LogP contribution in [0.3, 0.4) is 0 Å². The van der Waals surface area contributed by atoms with Crippen molar-refractivity contribution in [1.82, 2.24) is 9.78 Å². The molecule has 1 fully saturated rings. The third-order valence-corrected chi connectivity index (χ3v) is 4.76. The minimum atomic E-state index is -0.219. The Kier molecular flexibility index (Phi) is 6.08. The summed E-state index contributed by atoms with van der Waals surface area (Å²) in [6, 6.07) is 2.57. The Morgan fingerprint density at radius 1 is 1.25 bits per heavy atom. The van der Waals surface area contributed by atoms with Gasteiger partial charge in [-0.15, -0.1) is 0 Å². The Balaban J connectivity index is 1.83. The van der Waals surface area contributed by atoms with Gasteiger partial charge in [0.25, 0.3) is 0 Å². The lowest BCUT2D eigenvalue weighted by atomic mass is 9.85. The summed E-state index contributed by atoms with van der Waals surface area (Å²) in [7, 11) is 0. The first-order valence-electron chi connectivity index (χ1n) is 8.45. The van der Waals surface area contributed by atoms with E-state index in [1.54, 1.807) is 0 Å². The third kappa shape index (κ3) is 4.34. The van der Waals surface area contributed by atoms with Crippen LogP contribution in [-0.2, 0) is 6.42 Å². The molecule has 114 valence electrons. The second kappa shape index (κ2) is 7.82. The fourth-order valence-electron chi connectivity index (χ4n) is 3.48. The molecule has 1 aromatic rings. The number of aliphatic hydroxyl groups is 1. The van der Waals surface area contributed by atoms with E-state index in [1.807, 2.05) is 0 Å². The molecule has 0 bridgehead atoms. The standard InChI is InChI=1S/C17H30N2O/c1-3-16(4-2)19-11-10-15(18-19)13-17(20)12-14-8-6-5-7-9-14/h10-11,14,16-17,20H,3-9,12-13H2,1-2H3. The molecule has 1 aliphatic carbocycles. The Morgan fingerprint density at radius 2 is 1.95 bits per heavy atom. The van der Waals surface area contributed by atoms with Gasteiger partial charge in [-0.2, -0.15) is 5.10 Å². The summed E-state index contributed by atoms with van der Waals surface area (Å²) in [5, 5.41) is 14.9. The highest BCUT2D eigenvalue weighted by atomic mass is 16.3. The van der Waals surface area contributed by atoms with Crippen molar-refractivity contribution in [3.63, 3.8) is 0 Å². The topological polar surface area (TPSA) is 38.0 Å². The SMILES string of the molecule is CCC(CC)n1ccc(CC(O)CC2CCCCC2)n1. The molecule has 0 amide bonds. The second-order valence-corrected chi connectivity index (χ2v) is 6.36. The molecule has 3 nitrogen and oxygen atoms in total. The molecule has 1 atom stereocenters. The molecule has 0 radical (unpaired) electrons. The molecule has 0 aromatic carbocycles. The fraction of sp³-hybridized carbons (Fsp3) is 0.824. The molecule has 0 aliphatic heterocycles. The zero-order valence-corrected chi connectivity index (χ0v) is 13.1. The zero-order valence-electron chi connectivity index (χ0n) is 13.1. The van der Waals surface area contributed by atoms with E-state index < -0.39 is 0 Å². The fourth-order valence-corrected chi connectivity index (χ4v) is 3.48. The molecular weight excluding hydrogens is 248 g/mol. The van der Waals surface area contributed by atoms with Crippen LogP contribution in [0.1, 0.15) is 76.9 Å². The molecule has 1 saturated carbocycles. The van der Waals surface area contributed by atoms with Crippen molar-refractivity contribution < 1.29 is 5.11 Å². The lowest BCUT2D eigenvalue weighted by Gasteiger charge is -2.23. The van der Waals surface area contributed by atoms with Crippen LogP contribution in [0.5, 0.6) is 0 Å². The van der Waals surface area contributed by atoms with Crippen LogP contribution in [0.2, 0.25) is 0 Å². The molecule has 2 rings (SSSR count). The van der Waals surface area contributed by atoms with Crippen LogP contribution < -0.4 is 0 Å². The largest absolute Gasteiger partial charge is 0.393 e. The molecule has 0 spiro atoms. The van der Waals surface area contributed by atoms with E-state index in [4.69, 9.17) is 0 Å². The number of aliphatic hydroxyl groups excluding tert-OH is 1. The van der Waals surface area contributed by atoms with Gasteiger partial charge in [0, 0.05) is 12.6 Å². The van der Waals surface area contributed by atoms with Crippen LogP contribution in [0.25, 0.3) is 0 Å².